The molecule has 0 heterocycles. The predicted molar refractivity (Wildman–Crippen MR) is 55.9 cm³/mol. The summed E-state index contributed by atoms with van der Waals surface area (Å²) in [6, 6.07) is 4.60. The zero-order valence-corrected chi connectivity index (χ0v) is 9.76. The van der Waals surface area contributed by atoms with Crippen LogP contribution < -0.4 is 0 Å². The van der Waals surface area contributed by atoms with Crippen molar-refractivity contribution in [1.82, 2.24) is 0 Å². The van der Waals surface area contributed by atoms with E-state index in [0.717, 1.165) is 19.2 Å². The lowest BCUT2D eigenvalue weighted by molar-refractivity contribution is -0.140. The lowest BCUT2D eigenvalue weighted by Crippen LogP contribution is -2.20. The quantitative estimate of drug-likeness (QED) is 0.616. The van der Waals surface area contributed by atoms with Gasteiger partial charge in [0, 0.05) is 10.7 Å². The highest BCUT2D eigenvalue weighted by molar-refractivity contribution is 8.14. The largest absolute Gasteiger partial charge is 0.468 e. The molecule has 1 atom stereocenters. The molecule has 1 unspecified atom stereocenters. The summed E-state index contributed by atoms with van der Waals surface area (Å²) < 4.78 is 39.6. The maximum Gasteiger partial charge on any atom is 0.329 e. The highest BCUT2D eigenvalue weighted by Gasteiger charge is 2.34. The van der Waals surface area contributed by atoms with Gasteiger partial charge in [-0.15, -0.1) is 0 Å². The lowest BCUT2D eigenvalue weighted by Gasteiger charge is -2.11. The molecule has 0 aromatic heterocycles. The van der Waals surface area contributed by atoms with Gasteiger partial charge in [0.25, 0.3) is 9.05 Å². The maximum absolute atomic E-state index is 12.9. The molecular weight excluding hydrogens is 259 g/mol. The summed E-state index contributed by atoms with van der Waals surface area (Å²) in [5, 5.41) is -1.71. The highest BCUT2D eigenvalue weighted by atomic mass is 35.7. The molecular formula is C9H8ClFO4S. The molecule has 0 fully saturated rings. The first-order valence-electron chi connectivity index (χ1n) is 4.13. The molecule has 1 aromatic rings. The van der Waals surface area contributed by atoms with Crippen LogP contribution in [0.3, 0.4) is 0 Å². The monoisotopic (exact) mass is 266 g/mol. The van der Waals surface area contributed by atoms with Gasteiger partial charge in [0.05, 0.1) is 7.11 Å². The Labute approximate surface area is 96.4 Å². The molecule has 0 aliphatic heterocycles. The van der Waals surface area contributed by atoms with Crippen molar-refractivity contribution in [2.45, 2.75) is 5.25 Å². The molecule has 1 rings (SSSR count). The number of esters is 1. The molecule has 16 heavy (non-hydrogen) atoms. The molecule has 0 bridgehead atoms. The number of hydrogen-bond acceptors (Lipinski definition) is 4. The third kappa shape index (κ3) is 2.93. The Morgan fingerprint density at radius 2 is 2.12 bits per heavy atom. The van der Waals surface area contributed by atoms with E-state index in [9.17, 15) is 17.6 Å². The Bertz CT molecular complexity index is 500. The summed E-state index contributed by atoms with van der Waals surface area (Å²) in [4.78, 5) is 11.3. The van der Waals surface area contributed by atoms with Crippen molar-refractivity contribution in [3.63, 3.8) is 0 Å². The van der Waals surface area contributed by atoms with E-state index in [1.54, 1.807) is 0 Å². The molecule has 0 aliphatic rings. The van der Waals surface area contributed by atoms with Gasteiger partial charge in [0.15, 0.2) is 5.25 Å². The van der Waals surface area contributed by atoms with Crippen molar-refractivity contribution in [3.8, 4) is 0 Å². The number of rotatable bonds is 3. The minimum absolute atomic E-state index is 0.0677. The number of halogens is 2. The van der Waals surface area contributed by atoms with Crippen LogP contribution in [0.4, 0.5) is 4.39 Å². The van der Waals surface area contributed by atoms with Gasteiger partial charge in [-0.25, -0.2) is 12.8 Å². The van der Waals surface area contributed by atoms with E-state index in [-0.39, 0.29) is 5.56 Å². The number of methoxy groups -OCH3 is 1. The number of hydrogen-bond donors (Lipinski definition) is 0. The molecule has 0 N–H and O–H groups in total. The predicted octanol–water partition coefficient (Wildman–Crippen LogP) is 1.61. The summed E-state index contributed by atoms with van der Waals surface area (Å²) in [6.07, 6.45) is 0. The van der Waals surface area contributed by atoms with Crippen LogP contribution in [-0.2, 0) is 18.6 Å². The molecule has 4 nitrogen and oxygen atoms in total. The second kappa shape index (κ2) is 4.80. The van der Waals surface area contributed by atoms with Gasteiger partial charge in [0.1, 0.15) is 5.82 Å². The Balaban J connectivity index is 3.28. The van der Waals surface area contributed by atoms with Gasteiger partial charge >= 0.3 is 5.97 Å². The molecule has 0 saturated heterocycles. The Morgan fingerprint density at radius 1 is 1.50 bits per heavy atom. The third-order valence-electron chi connectivity index (χ3n) is 1.85. The van der Waals surface area contributed by atoms with Gasteiger partial charge < -0.3 is 4.74 Å². The van der Waals surface area contributed by atoms with Crippen LogP contribution in [-0.4, -0.2) is 21.5 Å². The second-order valence-electron chi connectivity index (χ2n) is 2.93. The molecule has 1 aromatic carbocycles. The van der Waals surface area contributed by atoms with Crippen molar-refractivity contribution in [1.29, 1.82) is 0 Å². The maximum atomic E-state index is 12.9. The average molecular weight is 267 g/mol. The van der Waals surface area contributed by atoms with E-state index < -0.39 is 26.1 Å². The van der Waals surface area contributed by atoms with Gasteiger partial charge in [-0.3, -0.25) is 4.79 Å². The van der Waals surface area contributed by atoms with Crippen LogP contribution in [0.25, 0.3) is 0 Å². The number of carbonyl (C=O) groups excluding carboxylic acids is 1. The topological polar surface area (TPSA) is 60.4 Å². The van der Waals surface area contributed by atoms with Crippen LogP contribution in [0.5, 0.6) is 0 Å². The summed E-state index contributed by atoms with van der Waals surface area (Å²) in [5.74, 6) is -1.72. The molecule has 0 spiro atoms. The Hall–Kier alpha value is -1.14. The highest BCUT2D eigenvalue weighted by Crippen LogP contribution is 2.27. The van der Waals surface area contributed by atoms with Crippen molar-refractivity contribution in [2.75, 3.05) is 7.11 Å². The molecule has 0 aliphatic carbocycles. The van der Waals surface area contributed by atoms with Crippen molar-refractivity contribution >= 4 is 25.7 Å². The molecule has 88 valence electrons. The first-order valence-corrected chi connectivity index (χ1v) is 6.50. The van der Waals surface area contributed by atoms with E-state index in [1.165, 1.54) is 12.1 Å². The van der Waals surface area contributed by atoms with E-state index in [2.05, 4.69) is 4.74 Å². The van der Waals surface area contributed by atoms with E-state index in [1.807, 2.05) is 0 Å². The van der Waals surface area contributed by atoms with Crippen molar-refractivity contribution in [3.05, 3.63) is 35.6 Å². The fourth-order valence-corrected chi connectivity index (χ4v) is 2.51. The fraction of sp³-hybridized carbons (Fsp3) is 0.222. The van der Waals surface area contributed by atoms with Crippen molar-refractivity contribution in [2.24, 2.45) is 0 Å². The van der Waals surface area contributed by atoms with Gasteiger partial charge in [-0.1, -0.05) is 12.1 Å². The summed E-state index contributed by atoms with van der Waals surface area (Å²) in [7, 11) is 1.92. The minimum Gasteiger partial charge on any atom is -0.468 e. The molecule has 0 saturated carbocycles. The van der Waals surface area contributed by atoms with Crippen LogP contribution in [0.2, 0.25) is 0 Å². The van der Waals surface area contributed by atoms with E-state index in [0.29, 0.717) is 0 Å². The summed E-state index contributed by atoms with van der Waals surface area (Å²) in [6.45, 7) is 0. The van der Waals surface area contributed by atoms with Crippen LogP contribution in [0.1, 0.15) is 10.8 Å². The standard InChI is InChI=1S/C9H8ClFO4S/c1-15-9(12)8(16(10,13)14)6-3-2-4-7(11)5-6/h2-5,8H,1H3. The lowest BCUT2D eigenvalue weighted by atomic mass is 10.1. The van der Waals surface area contributed by atoms with E-state index >= 15 is 0 Å². The number of benzene rings is 1. The van der Waals surface area contributed by atoms with Crippen LogP contribution >= 0.6 is 10.7 Å². The number of carbonyl (C=O) groups is 1. The zero-order chi connectivity index (χ0) is 12.3. The molecule has 0 amide bonds. The van der Waals surface area contributed by atoms with Crippen LogP contribution in [0, 0.1) is 5.82 Å². The Morgan fingerprint density at radius 3 is 2.56 bits per heavy atom. The van der Waals surface area contributed by atoms with E-state index in [4.69, 9.17) is 10.7 Å². The minimum atomic E-state index is -4.22. The Kier molecular flexibility index (Phi) is 3.88. The van der Waals surface area contributed by atoms with Crippen molar-refractivity contribution < 1.29 is 22.3 Å². The number of ether oxygens (including phenoxy) is 1. The fourth-order valence-electron chi connectivity index (χ4n) is 1.19. The first-order chi connectivity index (χ1) is 7.36. The third-order valence-corrected chi connectivity index (χ3v) is 3.41. The van der Waals surface area contributed by atoms with Gasteiger partial charge in [0.2, 0.25) is 0 Å². The first kappa shape index (κ1) is 12.9. The van der Waals surface area contributed by atoms with Gasteiger partial charge in [-0.2, -0.15) is 0 Å². The molecule has 7 heteroatoms. The van der Waals surface area contributed by atoms with Crippen LogP contribution in [0.15, 0.2) is 24.3 Å². The van der Waals surface area contributed by atoms with Gasteiger partial charge in [-0.05, 0) is 17.7 Å². The summed E-state index contributed by atoms with van der Waals surface area (Å²) >= 11 is 0. The average Bonchev–Trinajstić information content (AvgIpc) is 2.15. The second-order valence-corrected chi connectivity index (χ2v) is 5.65. The smallest absolute Gasteiger partial charge is 0.329 e. The SMILES string of the molecule is COC(=O)C(c1cccc(F)c1)S(=O)(=O)Cl. The zero-order valence-electron chi connectivity index (χ0n) is 8.18. The normalized spacial score (nSPS) is 13.2. The molecule has 0 radical (unpaired) electrons. The summed E-state index contributed by atoms with van der Waals surface area (Å²) in [5.41, 5.74) is -0.0677.